The van der Waals surface area contributed by atoms with Crippen molar-refractivity contribution in [2.75, 3.05) is 26.3 Å². The molecule has 3 heterocycles. The molecule has 1 amide bonds. The summed E-state index contributed by atoms with van der Waals surface area (Å²) in [5.74, 6) is 0.176. The second kappa shape index (κ2) is 9.26. The van der Waals surface area contributed by atoms with Crippen molar-refractivity contribution in [3.63, 3.8) is 0 Å². The average Bonchev–Trinajstić information content (AvgIpc) is 2.90. The van der Waals surface area contributed by atoms with Crippen LogP contribution in [-0.2, 0) is 22.5 Å². The van der Waals surface area contributed by atoms with Gasteiger partial charge in [0.15, 0.2) is 0 Å². The van der Waals surface area contributed by atoms with Gasteiger partial charge in [0.2, 0.25) is 5.91 Å². The summed E-state index contributed by atoms with van der Waals surface area (Å²) in [5.41, 5.74) is 7.40. The normalized spacial score (nSPS) is 25.8. The standard InChI is InChI=1S/C19H32N4O2S/c1-3-17-18(26-13(2)22-17)10-21-19(24)14-4-5-15(20)12-23(11-14)16-6-8-25-9-7-16/h14-16H,3-12,20H2,1-2H3,(H,21,24)/t14-,15+/m1/s1. The summed E-state index contributed by atoms with van der Waals surface area (Å²) in [4.78, 5) is 21.0. The molecule has 6 nitrogen and oxygen atoms in total. The van der Waals surface area contributed by atoms with Gasteiger partial charge in [-0.15, -0.1) is 11.3 Å². The third kappa shape index (κ3) is 5.03. The number of ether oxygens (including phenoxy) is 1. The SMILES string of the molecule is CCc1nc(C)sc1CNC(=O)[C@@H]1CC[C@H](N)CN(C2CCOCC2)C1. The minimum atomic E-state index is 0.0190. The van der Waals surface area contributed by atoms with E-state index in [4.69, 9.17) is 10.5 Å². The Bertz CT molecular complexity index is 600. The smallest absolute Gasteiger partial charge is 0.224 e. The van der Waals surface area contributed by atoms with Gasteiger partial charge in [-0.1, -0.05) is 6.92 Å². The molecule has 0 aliphatic carbocycles. The zero-order valence-corrected chi connectivity index (χ0v) is 16.8. The summed E-state index contributed by atoms with van der Waals surface area (Å²) in [6.07, 6.45) is 4.78. The summed E-state index contributed by atoms with van der Waals surface area (Å²) in [5, 5.41) is 4.23. The third-order valence-corrected chi connectivity index (χ3v) is 6.54. The van der Waals surface area contributed by atoms with Gasteiger partial charge in [-0.3, -0.25) is 9.69 Å². The van der Waals surface area contributed by atoms with Gasteiger partial charge in [0.25, 0.3) is 0 Å². The number of nitrogens with zero attached hydrogens (tertiary/aromatic N) is 2. The molecule has 1 aromatic rings. The lowest BCUT2D eigenvalue weighted by Crippen LogP contribution is -2.47. The van der Waals surface area contributed by atoms with Crippen LogP contribution in [0.1, 0.15) is 48.2 Å². The first-order valence-corrected chi connectivity index (χ1v) is 10.7. The Labute approximate surface area is 160 Å². The number of aryl methyl sites for hydroxylation is 2. The van der Waals surface area contributed by atoms with Crippen LogP contribution in [0, 0.1) is 12.8 Å². The zero-order valence-electron chi connectivity index (χ0n) is 16.0. The number of aromatic nitrogens is 1. The van der Waals surface area contributed by atoms with Crippen molar-refractivity contribution in [1.82, 2.24) is 15.2 Å². The van der Waals surface area contributed by atoms with E-state index in [2.05, 4.69) is 22.1 Å². The highest BCUT2D eigenvalue weighted by molar-refractivity contribution is 7.11. The first kappa shape index (κ1) is 19.7. The Morgan fingerprint density at radius 2 is 2.08 bits per heavy atom. The maximum absolute atomic E-state index is 12.8. The lowest BCUT2D eigenvalue weighted by atomic mass is 10.0. The minimum Gasteiger partial charge on any atom is -0.381 e. The molecule has 2 aliphatic rings. The molecule has 2 fully saturated rings. The predicted molar refractivity (Wildman–Crippen MR) is 104 cm³/mol. The highest BCUT2D eigenvalue weighted by Crippen LogP contribution is 2.23. The van der Waals surface area contributed by atoms with Gasteiger partial charge in [0.05, 0.1) is 23.2 Å². The first-order valence-electron chi connectivity index (χ1n) is 9.87. The molecule has 2 aliphatic heterocycles. The van der Waals surface area contributed by atoms with Crippen molar-refractivity contribution >= 4 is 17.2 Å². The molecule has 1 aromatic heterocycles. The maximum Gasteiger partial charge on any atom is 0.224 e. The Morgan fingerprint density at radius 1 is 1.31 bits per heavy atom. The third-order valence-electron chi connectivity index (χ3n) is 5.53. The number of hydrogen-bond donors (Lipinski definition) is 2. The van der Waals surface area contributed by atoms with Gasteiger partial charge in [-0.25, -0.2) is 4.98 Å². The molecule has 7 heteroatoms. The highest BCUT2D eigenvalue weighted by atomic mass is 32.1. The topological polar surface area (TPSA) is 80.5 Å². The molecule has 2 atom stereocenters. The fourth-order valence-corrected chi connectivity index (χ4v) is 5.02. The van der Waals surface area contributed by atoms with Gasteiger partial charge in [-0.2, -0.15) is 0 Å². The van der Waals surface area contributed by atoms with E-state index < -0.39 is 0 Å². The van der Waals surface area contributed by atoms with Gasteiger partial charge in [0.1, 0.15) is 0 Å². The predicted octanol–water partition coefficient (Wildman–Crippen LogP) is 1.85. The molecule has 3 rings (SSSR count). The number of nitrogens with one attached hydrogen (secondary N) is 1. The lowest BCUT2D eigenvalue weighted by Gasteiger charge is -2.35. The Kier molecular flexibility index (Phi) is 7.03. The number of nitrogens with two attached hydrogens (primary N) is 1. The van der Waals surface area contributed by atoms with E-state index in [1.54, 1.807) is 11.3 Å². The molecule has 2 saturated heterocycles. The zero-order chi connectivity index (χ0) is 18.5. The Balaban J connectivity index is 1.59. The van der Waals surface area contributed by atoms with E-state index in [1.165, 1.54) is 4.88 Å². The molecule has 0 aromatic carbocycles. The van der Waals surface area contributed by atoms with Crippen LogP contribution in [0.3, 0.4) is 0 Å². The molecule has 0 unspecified atom stereocenters. The van der Waals surface area contributed by atoms with E-state index >= 15 is 0 Å². The summed E-state index contributed by atoms with van der Waals surface area (Å²) < 4.78 is 5.49. The average molecular weight is 381 g/mol. The van der Waals surface area contributed by atoms with Crippen molar-refractivity contribution in [2.24, 2.45) is 11.7 Å². The number of carbonyl (C=O) groups is 1. The van der Waals surface area contributed by atoms with Crippen LogP contribution in [0.5, 0.6) is 0 Å². The quantitative estimate of drug-likeness (QED) is 0.815. The molecular weight excluding hydrogens is 348 g/mol. The van der Waals surface area contributed by atoms with Gasteiger partial charge >= 0.3 is 0 Å². The van der Waals surface area contributed by atoms with Crippen LogP contribution in [0.2, 0.25) is 0 Å². The molecule has 0 spiro atoms. The van der Waals surface area contributed by atoms with Crippen LogP contribution in [0.4, 0.5) is 0 Å². The Hall–Kier alpha value is -1.02. The molecule has 0 bridgehead atoms. The molecule has 0 saturated carbocycles. The van der Waals surface area contributed by atoms with E-state index in [0.717, 1.165) is 69.1 Å². The van der Waals surface area contributed by atoms with Crippen LogP contribution in [0.15, 0.2) is 0 Å². The number of carbonyl (C=O) groups excluding carboxylic acids is 1. The van der Waals surface area contributed by atoms with Crippen LogP contribution in [0.25, 0.3) is 0 Å². The van der Waals surface area contributed by atoms with Crippen molar-refractivity contribution in [3.8, 4) is 0 Å². The fourth-order valence-electron chi connectivity index (χ4n) is 4.06. The van der Waals surface area contributed by atoms with Gasteiger partial charge < -0.3 is 15.8 Å². The van der Waals surface area contributed by atoms with Crippen LogP contribution < -0.4 is 11.1 Å². The summed E-state index contributed by atoms with van der Waals surface area (Å²) in [7, 11) is 0. The summed E-state index contributed by atoms with van der Waals surface area (Å²) in [6.45, 7) is 8.06. The summed E-state index contributed by atoms with van der Waals surface area (Å²) >= 11 is 1.69. The van der Waals surface area contributed by atoms with Gasteiger partial charge in [-0.05, 0) is 39.0 Å². The second-order valence-corrected chi connectivity index (χ2v) is 8.79. The maximum atomic E-state index is 12.8. The van der Waals surface area contributed by atoms with E-state index in [0.29, 0.717) is 12.6 Å². The van der Waals surface area contributed by atoms with Crippen molar-refractivity contribution in [1.29, 1.82) is 0 Å². The monoisotopic (exact) mass is 380 g/mol. The minimum absolute atomic E-state index is 0.0190. The molecule has 26 heavy (non-hydrogen) atoms. The van der Waals surface area contributed by atoms with E-state index in [9.17, 15) is 4.79 Å². The van der Waals surface area contributed by atoms with E-state index in [-0.39, 0.29) is 17.9 Å². The lowest BCUT2D eigenvalue weighted by molar-refractivity contribution is -0.126. The number of amides is 1. The Morgan fingerprint density at radius 3 is 2.81 bits per heavy atom. The molecule has 0 radical (unpaired) electrons. The van der Waals surface area contributed by atoms with Crippen LogP contribution in [-0.4, -0.2) is 54.2 Å². The van der Waals surface area contributed by atoms with Crippen LogP contribution >= 0.6 is 11.3 Å². The highest BCUT2D eigenvalue weighted by Gasteiger charge is 2.31. The van der Waals surface area contributed by atoms with E-state index in [1.807, 2.05) is 6.92 Å². The number of hydrogen-bond acceptors (Lipinski definition) is 6. The molecule has 146 valence electrons. The van der Waals surface area contributed by atoms with Crippen molar-refractivity contribution in [2.45, 2.75) is 64.6 Å². The van der Waals surface area contributed by atoms with Crippen molar-refractivity contribution in [3.05, 3.63) is 15.6 Å². The first-order chi connectivity index (χ1) is 12.6. The number of thiazole rings is 1. The molecular formula is C19H32N4O2S. The largest absolute Gasteiger partial charge is 0.381 e. The fraction of sp³-hybridized carbons (Fsp3) is 0.789. The number of likely N-dealkylation sites (tertiary alicyclic amines) is 1. The molecule has 3 N–H and O–H groups in total. The van der Waals surface area contributed by atoms with Gasteiger partial charge in [0, 0.05) is 43.3 Å². The second-order valence-electron chi connectivity index (χ2n) is 7.51. The van der Waals surface area contributed by atoms with Crippen molar-refractivity contribution < 1.29 is 9.53 Å². The summed E-state index contributed by atoms with van der Waals surface area (Å²) in [6, 6.07) is 0.658. The number of rotatable bonds is 5.